The first-order chi connectivity index (χ1) is 15.8. The zero-order chi connectivity index (χ0) is 23.7. The summed E-state index contributed by atoms with van der Waals surface area (Å²) >= 11 is 3.43. The molecule has 0 saturated carbocycles. The Morgan fingerprint density at radius 2 is 1.76 bits per heavy atom. The molecule has 0 amide bonds. The second-order valence-electron chi connectivity index (χ2n) is 7.30. The second kappa shape index (κ2) is 9.15. The summed E-state index contributed by atoms with van der Waals surface area (Å²) in [6.07, 6.45) is 0. The standard InChI is InChI=1S/C25H17BrF3NO3/c1-14-5-9-22(30(14)17-4-2-3-15(11-17)25(31)32)18-12-16(26)6-10-23(18)33-13-19-20(27)7-8-21(28)24(19)29/h2-12H,13H2,1H3,(H,31,32). The van der Waals surface area contributed by atoms with Crippen LogP contribution in [0.5, 0.6) is 5.75 Å². The molecule has 4 rings (SSSR count). The van der Waals surface area contributed by atoms with Gasteiger partial charge in [0.1, 0.15) is 18.2 Å². The van der Waals surface area contributed by atoms with Gasteiger partial charge in [0.05, 0.1) is 16.8 Å². The molecule has 0 fully saturated rings. The van der Waals surface area contributed by atoms with Crippen LogP contribution >= 0.6 is 15.9 Å². The van der Waals surface area contributed by atoms with E-state index in [1.165, 1.54) is 6.07 Å². The van der Waals surface area contributed by atoms with Crippen molar-refractivity contribution in [2.45, 2.75) is 13.5 Å². The van der Waals surface area contributed by atoms with E-state index in [2.05, 4.69) is 15.9 Å². The molecule has 0 radical (unpaired) electrons. The summed E-state index contributed by atoms with van der Waals surface area (Å²) in [5, 5.41) is 9.36. The maximum absolute atomic E-state index is 14.1. The highest BCUT2D eigenvalue weighted by atomic mass is 79.9. The molecule has 0 unspecified atom stereocenters. The number of nitrogens with zero attached hydrogens (tertiary/aromatic N) is 1. The SMILES string of the molecule is Cc1ccc(-c2cc(Br)ccc2OCc2c(F)ccc(F)c2F)n1-c1cccc(C(=O)O)c1. The topological polar surface area (TPSA) is 51.5 Å². The number of aromatic nitrogens is 1. The lowest BCUT2D eigenvalue weighted by molar-refractivity contribution is 0.0697. The predicted molar refractivity (Wildman–Crippen MR) is 121 cm³/mol. The van der Waals surface area contributed by atoms with Gasteiger partial charge in [-0.05, 0) is 67.6 Å². The smallest absolute Gasteiger partial charge is 0.335 e. The van der Waals surface area contributed by atoms with Crippen molar-refractivity contribution in [1.29, 1.82) is 0 Å². The lowest BCUT2D eigenvalue weighted by Crippen LogP contribution is -2.06. The zero-order valence-electron chi connectivity index (χ0n) is 17.3. The van der Waals surface area contributed by atoms with Crippen molar-refractivity contribution in [2.24, 2.45) is 0 Å². The summed E-state index contributed by atoms with van der Waals surface area (Å²) in [5.41, 5.74) is 2.35. The van der Waals surface area contributed by atoms with Crippen LogP contribution in [0.15, 0.2) is 71.2 Å². The first kappa shape index (κ1) is 22.7. The van der Waals surface area contributed by atoms with Crippen LogP contribution in [0.3, 0.4) is 0 Å². The maximum Gasteiger partial charge on any atom is 0.335 e. The first-order valence-electron chi connectivity index (χ1n) is 9.83. The van der Waals surface area contributed by atoms with E-state index in [1.807, 2.05) is 23.6 Å². The van der Waals surface area contributed by atoms with Crippen LogP contribution in [-0.4, -0.2) is 15.6 Å². The van der Waals surface area contributed by atoms with Gasteiger partial charge in [-0.2, -0.15) is 0 Å². The van der Waals surface area contributed by atoms with Crippen LogP contribution in [0.1, 0.15) is 21.6 Å². The highest BCUT2D eigenvalue weighted by Gasteiger charge is 2.18. The van der Waals surface area contributed by atoms with Gasteiger partial charge in [0.2, 0.25) is 0 Å². The van der Waals surface area contributed by atoms with E-state index in [0.29, 0.717) is 22.7 Å². The summed E-state index contributed by atoms with van der Waals surface area (Å²) in [4.78, 5) is 11.4. The number of rotatable bonds is 6. The Kier molecular flexibility index (Phi) is 6.29. The van der Waals surface area contributed by atoms with E-state index >= 15 is 0 Å². The van der Waals surface area contributed by atoms with Crippen molar-refractivity contribution >= 4 is 21.9 Å². The largest absolute Gasteiger partial charge is 0.488 e. The molecule has 8 heteroatoms. The summed E-state index contributed by atoms with van der Waals surface area (Å²) in [6.45, 7) is 1.35. The Labute approximate surface area is 196 Å². The molecule has 1 aromatic heterocycles. The van der Waals surface area contributed by atoms with Gasteiger partial charge in [-0.25, -0.2) is 18.0 Å². The fourth-order valence-corrected chi connectivity index (χ4v) is 3.91. The Bertz CT molecular complexity index is 1370. The van der Waals surface area contributed by atoms with Gasteiger partial charge in [-0.3, -0.25) is 0 Å². The van der Waals surface area contributed by atoms with Crippen molar-refractivity contribution in [3.8, 4) is 22.7 Å². The molecular weight excluding hydrogens is 499 g/mol. The van der Waals surface area contributed by atoms with Crippen LogP contribution in [0.2, 0.25) is 0 Å². The minimum atomic E-state index is -1.29. The van der Waals surface area contributed by atoms with E-state index in [-0.39, 0.29) is 5.56 Å². The Hall–Kier alpha value is -3.52. The van der Waals surface area contributed by atoms with Gasteiger partial charge in [0.15, 0.2) is 11.6 Å². The van der Waals surface area contributed by atoms with Crippen molar-refractivity contribution in [3.05, 3.63) is 105 Å². The molecule has 0 spiro atoms. The number of carboxylic acid groups (broad SMARTS) is 1. The third kappa shape index (κ3) is 4.52. The fraction of sp³-hybridized carbons (Fsp3) is 0.0800. The highest BCUT2D eigenvalue weighted by Crippen LogP contribution is 2.36. The molecule has 4 aromatic rings. The molecular formula is C25H17BrF3NO3. The molecule has 3 aromatic carbocycles. The number of hydrogen-bond donors (Lipinski definition) is 1. The molecule has 0 aliphatic rings. The van der Waals surface area contributed by atoms with Crippen molar-refractivity contribution in [2.75, 3.05) is 0 Å². The van der Waals surface area contributed by atoms with Crippen LogP contribution in [0, 0.1) is 24.4 Å². The quantitative estimate of drug-likeness (QED) is 0.284. The number of ether oxygens (including phenoxy) is 1. The molecule has 0 saturated heterocycles. The summed E-state index contributed by atoms with van der Waals surface area (Å²) in [5.74, 6) is -4.09. The number of halogens is 4. The van der Waals surface area contributed by atoms with E-state index in [4.69, 9.17) is 4.74 Å². The zero-order valence-corrected chi connectivity index (χ0v) is 18.9. The number of carboxylic acids is 1. The second-order valence-corrected chi connectivity index (χ2v) is 8.22. The maximum atomic E-state index is 14.1. The van der Waals surface area contributed by atoms with E-state index < -0.39 is 35.6 Å². The molecule has 0 aliphatic carbocycles. The van der Waals surface area contributed by atoms with Crippen molar-refractivity contribution in [1.82, 2.24) is 4.57 Å². The third-order valence-corrected chi connectivity index (χ3v) is 5.65. The number of aromatic carboxylic acids is 1. The van der Waals surface area contributed by atoms with Gasteiger partial charge in [0, 0.05) is 21.4 Å². The normalized spacial score (nSPS) is 10.9. The monoisotopic (exact) mass is 515 g/mol. The molecule has 1 N–H and O–H groups in total. The molecule has 168 valence electrons. The van der Waals surface area contributed by atoms with Gasteiger partial charge in [-0.1, -0.05) is 22.0 Å². The van der Waals surface area contributed by atoms with Crippen LogP contribution in [-0.2, 0) is 6.61 Å². The highest BCUT2D eigenvalue weighted by molar-refractivity contribution is 9.10. The van der Waals surface area contributed by atoms with E-state index in [1.54, 1.807) is 36.4 Å². The fourth-order valence-electron chi connectivity index (χ4n) is 3.55. The number of hydrogen-bond acceptors (Lipinski definition) is 2. The molecule has 0 bridgehead atoms. The third-order valence-electron chi connectivity index (χ3n) is 5.16. The first-order valence-corrected chi connectivity index (χ1v) is 10.6. The lowest BCUT2D eigenvalue weighted by Gasteiger charge is -2.17. The van der Waals surface area contributed by atoms with Crippen molar-refractivity contribution < 1.29 is 27.8 Å². The van der Waals surface area contributed by atoms with Gasteiger partial charge in [-0.15, -0.1) is 0 Å². The number of benzene rings is 3. The molecule has 0 aliphatic heterocycles. The van der Waals surface area contributed by atoms with Crippen LogP contribution in [0.4, 0.5) is 13.2 Å². The van der Waals surface area contributed by atoms with E-state index in [0.717, 1.165) is 22.3 Å². The minimum Gasteiger partial charge on any atom is -0.488 e. The van der Waals surface area contributed by atoms with Gasteiger partial charge in [0.25, 0.3) is 0 Å². The Morgan fingerprint density at radius 3 is 2.52 bits per heavy atom. The predicted octanol–water partition coefficient (Wildman–Crippen LogP) is 6.91. The average Bonchev–Trinajstić information content (AvgIpc) is 3.18. The average molecular weight is 516 g/mol. The van der Waals surface area contributed by atoms with Gasteiger partial charge < -0.3 is 14.4 Å². The summed E-state index contributed by atoms with van der Waals surface area (Å²) < 4.78 is 50.0. The lowest BCUT2D eigenvalue weighted by atomic mass is 10.1. The molecule has 0 atom stereocenters. The van der Waals surface area contributed by atoms with Crippen LogP contribution < -0.4 is 4.74 Å². The molecule has 33 heavy (non-hydrogen) atoms. The Balaban J connectivity index is 1.78. The molecule has 4 nitrogen and oxygen atoms in total. The van der Waals surface area contributed by atoms with Gasteiger partial charge >= 0.3 is 5.97 Å². The summed E-state index contributed by atoms with van der Waals surface area (Å²) in [6, 6.07) is 16.9. The van der Waals surface area contributed by atoms with E-state index in [9.17, 15) is 23.1 Å². The van der Waals surface area contributed by atoms with Crippen LogP contribution in [0.25, 0.3) is 16.9 Å². The van der Waals surface area contributed by atoms with Crippen molar-refractivity contribution in [3.63, 3.8) is 0 Å². The summed E-state index contributed by atoms with van der Waals surface area (Å²) in [7, 11) is 0. The number of aryl methyl sites for hydroxylation is 1. The molecule has 1 heterocycles. The number of carbonyl (C=O) groups is 1. The minimum absolute atomic E-state index is 0.134. The Morgan fingerprint density at radius 1 is 1.00 bits per heavy atom.